The maximum Gasteiger partial charge on any atom is 0.302 e. The Morgan fingerprint density at radius 2 is 1.80 bits per heavy atom. The first kappa shape index (κ1) is 21.8. The summed E-state index contributed by atoms with van der Waals surface area (Å²) in [5.74, 6) is -0.270. The monoisotopic (exact) mass is 420 g/mol. The molecule has 4 saturated carbocycles. The van der Waals surface area contributed by atoms with Crippen molar-refractivity contribution >= 4 is 11.9 Å². The van der Waals surface area contributed by atoms with E-state index in [2.05, 4.69) is 13.5 Å². The smallest absolute Gasteiger partial charge is 0.302 e. The molecule has 2 N–H and O–H groups in total. The first-order valence-electron chi connectivity index (χ1n) is 11.3. The van der Waals surface area contributed by atoms with Crippen LogP contribution in [0.15, 0.2) is 12.2 Å². The second kappa shape index (κ2) is 7.06. The summed E-state index contributed by atoms with van der Waals surface area (Å²) in [7, 11) is 0. The van der Waals surface area contributed by atoms with Gasteiger partial charge in [0.25, 0.3) is 0 Å². The Morgan fingerprint density at radius 1 is 1.10 bits per heavy atom. The van der Waals surface area contributed by atoms with Gasteiger partial charge in [-0.05, 0) is 67.3 Å². The van der Waals surface area contributed by atoms with Crippen LogP contribution in [-0.2, 0) is 19.1 Å². The van der Waals surface area contributed by atoms with Crippen molar-refractivity contribution in [3.8, 4) is 0 Å². The second-order valence-electron chi connectivity index (χ2n) is 10.9. The van der Waals surface area contributed by atoms with E-state index >= 15 is 0 Å². The van der Waals surface area contributed by atoms with Crippen molar-refractivity contribution in [2.75, 3.05) is 6.61 Å². The van der Waals surface area contributed by atoms with Crippen LogP contribution in [-0.4, -0.2) is 47.1 Å². The molecule has 4 aliphatic rings. The minimum absolute atomic E-state index is 0.00527. The predicted molar refractivity (Wildman–Crippen MR) is 110 cm³/mol. The fourth-order valence-corrected chi connectivity index (χ4v) is 8.11. The molecule has 0 amide bonds. The van der Waals surface area contributed by atoms with Crippen molar-refractivity contribution in [3.63, 3.8) is 0 Å². The van der Waals surface area contributed by atoms with E-state index in [1.54, 1.807) is 0 Å². The third-order valence-corrected chi connectivity index (χ3v) is 9.49. The first-order valence-corrected chi connectivity index (χ1v) is 11.3. The van der Waals surface area contributed by atoms with Crippen LogP contribution in [0, 0.1) is 34.0 Å². The molecule has 6 heteroatoms. The van der Waals surface area contributed by atoms with Gasteiger partial charge in [0.05, 0.1) is 18.8 Å². The molecular formula is C24H36O6. The predicted octanol–water partition coefficient (Wildman–Crippen LogP) is 3.00. The summed E-state index contributed by atoms with van der Waals surface area (Å²) < 4.78 is 11.3. The molecule has 0 heterocycles. The van der Waals surface area contributed by atoms with E-state index in [4.69, 9.17) is 9.47 Å². The third-order valence-electron chi connectivity index (χ3n) is 9.49. The van der Waals surface area contributed by atoms with Crippen molar-refractivity contribution in [1.29, 1.82) is 0 Å². The lowest BCUT2D eigenvalue weighted by molar-refractivity contribution is -0.252. The number of rotatable bonds is 3. The highest BCUT2D eigenvalue weighted by molar-refractivity contribution is 5.66. The van der Waals surface area contributed by atoms with Gasteiger partial charge in [0.15, 0.2) is 0 Å². The average molecular weight is 421 g/mol. The van der Waals surface area contributed by atoms with E-state index in [-0.39, 0.29) is 41.7 Å². The standard InChI is InChI=1S/C24H36O6/c1-13-16-6-7-17-22(4)9-8-19(27)23(5,12-29-14(2)25)18(22)10-20(30-15(3)26)24(17,11-16)21(13)28/h16-21,27-28H,1,6-12H2,2-5H3. The molecule has 0 aromatic heterocycles. The molecule has 0 aromatic carbocycles. The molecule has 6 nitrogen and oxygen atoms in total. The molecule has 0 aliphatic heterocycles. The molecule has 4 fully saturated rings. The van der Waals surface area contributed by atoms with Crippen molar-refractivity contribution in [1.82, 2.24) is 0 Å². The number of carbonyl (C=O) groups is 2. The zero-order valence-corrected chi connectivity index (χ0v) is 18.6. The highest BCUT2D eigenvalue weighted by atomic mass is 16.5. The Bertz CT molecular complexity index is 763. The van der Waals surface area contributed by atoms with Crippen LogP contribution in [0.25, 0.3) is 0 Å². The van der Waals surface area contributed by atoms with Gasteiger partial charge in [-0.15, -0.1) is 0 Å². The molecule has 1 spiro atoms. The van der Waals surface area contributed by atoms with E-state index < -0.39 is 29.1 Å². The van der Waals surface area contributed by atoms with Crippen LogP contribution in [0.3, 0.4) is 0 Å². The van der Waals surface area contributed by atoms with Gasteiger partial charge in [0.2, 0.25) is 0 Å². The zero-order chi connectivity index (χ0) is 22.1. The molecule has 168 valence electrons. The number of carbonyl (C=O) groups excluding carboxylic acids is 2. The molecule has 4 aliphatic carbocycles. The van der Waals surface area contributed by atoms with Gasteiger partial charge in [-0.2, -0.15) is 0 Å². The Morgan fingerprint density at radius 3 is 2.43 bits per heavy atom. The lowest BCUT2D eigenvalue weighted by Gasteiger charge is -2.66. The van der Waals surface area contributed by atoms with E-state index in [1.165, 1.54) is 13.8 Å². The van der Waals surface area contributed by atoms with Gasteiger partial charge >= 0.3 is 11.9 Å². The quantitative estimate of drug-likeness (QED) is 0.539. The summed E-state index contributed by atoms with van der Waals surface area (Å²) in [6.45, 7) is 11.4. The third kappa shape index (κ3) is 2.82. The maximum atomic E-state index is 12.1. The van der Waals surface area contributed by atoms with Crippen molar-refractivity contribution in [2.45, 2.75) is 84.5 Å². The lowest BCUT2D eigenvalue weighted by atomic mass is 9.39. The van der Waals surface area contributed by atoms with Crippen molar-refractivity contribution in [3.05, 3.63) is 12.2 Å². The Labute approximate surface area is 179 Å². The first-order chi connectivity index (χ1) is 14.0. The lowest BCUT2D eigenvalue weighted by Crippen LogP contribution is -2.67. The molecule has 30 heavy (non-hydrogen) atoms. The molecule has 4 rings (SSSR count). The van der Waals surface area contributed by atoms with E-state index in [0.29, 0.717) is 12.8 Å². The molecule has 0 aromatic rings. The molecule has 2 bridgehead atoms. The largest absolute Gasteiger partial charge is 0.465 e. The van der Waals surface area contributed by atoms with Gasteiger partial charge < -0.3 is 19.7 Å². The number of aliphatic hydroxyl groups is 2. The molecule has 9 unspecified atom stereocenters. The average Bonchev–Trinajstić information content (AvgIpc) is 2.86. The molecular weight excluding hydrogens is 384 g/mol. The summed E-state index contributed by atoms with van der Waals surface area (Å²) in [5.41, 5.74) is -0.408. The maximum absolute atomic E-state index is 12.1. The summed E-state index contributed by atoms with van der Waals surface area (Å²) >= 11 is 0. The van der Waals surface area contributed by atoms with Crippen LogP contribution in [0.1, 0.15) is 66.2 Å². The number of esters is 2. The minimum atomic E-state index is -0.677. The van der Waals surface area contributed by atoms with E-state index in [1.807, 2.05) is 6.92 Å². The minimum Gasteiger partial charge on any atom is -0.465 e. The number of hydrogen-bond donors (Lipinski definition) is 2. The SMILES string of the molecule is C=C1C2CCC3C4(C)CCC(O)C(C)(COC(C)=O)C4CC(OC(C)=O)C3(C2)C1O. The number of hydrogen-bond acceptors (Lipinski definition) is 6. The number of aliphatic hydroxyl groups excluding tert-OH is 2. The van der Waals surface area contributed by atoms with Crippen molar-refractivity contribution < 1.29 is 29.3 Å². The summed E-state index contributed by atoms with van der Waals surface area (Å²) in [4.78, 5) is 23.7. The van der Waals surface area contributed by atoms with E-state index in [9.17, 15) is 19.8 Å². The van der Waals surface area contributed by atoms with Gasteiger partial charge in [-0.1, -0.05) is 20.4 Å². The summed E-state index contributed by atoms with van der Waals surface area (Å²) in [5, 5.41) is 22.4. The highest BCUT2D eigenvalue weighted by Gasteiger charge is 2.72. The molecule has 9 atom stereocenters. The van der Waals surface area contributed by atoms with Gasteiger partial charge in [0.1, 0.15) is 6.10 Å². The van der Waals surface area contributed by atoms with Crippen LogP contribution in [0.4, 0.5) is 0 Å². The van der Waals surface area contributed by atoms with Crippen LogP contribution >= 0.6 is 0 Å². The molecule has 0 radical (unpaired) electrons. The van der Waals surface area contributed by atoms with Gasteiger partial charge in [0, 0.05) is 24.7 Å². The van der Waals surface area contributed by atoms with Crippen LogP contribution in [0.5, 0.6) is 0 Å². The second-order valence-corrected chi connectivity index (χ2v) is 10.9. The number of ether oxygens (including phenoxy) is 2. The summed E-state index contributed by atoms with van der Waals surface area (Å²) in [6.07, 6.45) is 3.07. The topological polar surface area (TPSA) is 93.1 Å². The zero-order valence-electron chi connectivity index (χ0n) is 18.6. The van der Waals surface area contributed by atoms with E-state index in [0.717, 1.165) is 31.3 Å². The Kier molecular flexibility index (Phi) is 5.13. The normalized spacial score (nSPS) is 49.7. The van der Waals surface area contributed by atoms with Crippen molar-refractivity contribution in [2.24, 2.45) is 34.0 Å². The van der Waals surface area contributed by atoms with Gasteiger partial charge in [-0.3, -0.25) is 9.59 Å². The Hall–Kier alpha value is -1.40. The van der Waals surface area contributed by atoms with Crippen LogP contribution in [0.2, 0.25) is 0 Å². The summed E-state index contributed by atoms with van der Waals surface area (Å²) in [6, 6.07) is 0. The Balaban J connectivity index is 1.80. The fourth-order valence-electron chi connectivity index (χ4n) is 8.11. The molecule has 0 saturated heterocycles. The fraction of sp³-hybridized carbons (Fsp3) is 0.833. The van der Waals surface area contributed by atoms with Crippen LogP contribution < -0.4 is 0 Å². The highest BCUT2D eigenvalue weighted by Crippen LogP contribution is 2.72. The van der Waals surface area contributed by atoms with Gasteiger partial charge in [-0.25, -0.2) is 0 Å². The number of fused-ring (bicyclic) bond motifs is 3.